The Labute approximate surface area is 108 Å². The van der Waals surface area contributed by atoms with Crippen LogP contribution in [0.5, 0.6) is 0 Å². The largest absolute Gasteiger partial charge is 0.341 e. The SMILES string of the molecule is CCC(C)C(N)c1ncc(-c2cccc(C)c2)[nH]1. The lowest BCUT2D eigenvalue weighted by Crippen LogP contribution is -2.19. The van der Waals surface area contributed by atoms with Gasteiger partial charge in [-0.15, -0.1) is 0 Å². The van der Waals surface area contributed by atoms with Crippen LogP contribution in [0, 0.1) is 12.8 Å². The summed E-state index contributed by atoms with van der Waals surface area (Å²) in [7, 11) is 0. The van der Waals surface area contributed by atoms with Gasteiger partial charge in [0.05, 0.1) is 17.9 Å². The number of hydrogen-bond donors (Lipinski definition) is 2. The molecule has 2 rings (SSSR count). The van der Waals surface area contributed by atoms with E-state index >= 15 is 0 Å². The molecule has 96 valence electrons. The van der Waals surface area contributed by atoms with E-state index in [2.05, 4.69) is 55.0 Å². The first-order chi connectivity index (χ1) is 8.61. The average molecular weight is 243 g/mol. The van der Waals surface area contributed by atoms with Crippen LogP contribution < -0.4 is 5.73 Å². The van der Waals surface area contributed by atoms with E-state index < -0.39 is 0 Å². The molecule has 18 heavy (non-hydrogen) atoms. The van der Waals surface area contributed by atoms with Gasteiger partial charge in [0.1, 0.15) is 5.82 Å². The third-order valence-electron chi connectivity index (χ3n) is 3.50. The number of nitrogens with two attached hydrogens (primary N) is 1. The molecule has 0 radical (unpaired) electrons. The van der Waals surface area contributed by atoms with E-state index in [4.69, 9.17) is 5.73 Å². The minimum atomic E-state index is -0.0199. The van der Waals surface area contributed by atoms with E-state index in [9.17, 15) is 0 Å². The van der Waals surface area contributed by atoms with Gasteiger partial charge in [0, 0.05) is 0 Å². The Morgan fingerprint density at radius 2 is 2.17 bits per heavy atom. The molecule has 3 N–H and O–H groups in total. The summed E-state index contributed by atoms with van der Waals surface area (Å²) >= 11 is 0. The molecule has 1 heterocycles. The predicted molar refractivity (Wildman–Crippen MR) is 75.1 cm³/mol. The van der Waals surface area contributed by atoms with Gasteiger partial charge < -0.3 is 10.7 Å². The van der Waals surface area contributed by atoms with Crippen LogP contribution in [0.25, 0.3) is 11.3 Å². The Hall–Kier alpha value is -1.61. The van der Waals surface area contributed by atoms with Crippen LogP contribution in [0.15, 0.2) is 30.5 Å². The molecule has 0 fully saturated rings. The molecule has 0 saturated heterocycles. The number of benzene rings is 1. The van der Waals surface area contributed by atoms with Crippen LogP contribution in [0.2, 0.25) is 0 Å². The van der Waals surface area contributed by atoms with Crippen molar-refractivity contribution in [3.05, 3.63) is 41.9 Å². The maximum Gasteiger partial charge on any atom is 0.123 e. The molecule has 2 aromatic rings. The second kappa shape index (κ2) is 5.36. The molecule has 0 bridgehead atoms. The normalized spacial score (nSPS) is 14.4. The Kier molecular flexibility index (Phi) is 3.82. The number of hydrogen-bond acceptors (Lipinski definition) is 2. The molecule has 0 saturated carbocycles. The molecule has 0 amide bonds. The van der Waals surface area contributed by atoms with E-state index in [0.717, 1.165) is 23.5 Å². The zero-order valence-electron chi connectivity index (χ0n) is 11.3. The molecule has 0 aliphatic heterocycles. The van der Waals surface area contributed by atoms with Crippen molar-refractivity contribution in [3.63, 3.8) is 0 Å². The van der Waals surface area contributed by atoms with E-state index in [1.807, 2.05) is 6.20 Å². The highest BCUT2D eigenvalue weighted by Gasteiger charge is 2.16. The topological polar surface area (TPSA) is 54.7 Å². The maximum absolute atomic E-state index is 6.18. The number of aromatic amines is 1. The van der Waals surface area contributed by atoms with E-state index in [1.165, 1.54) is 5.56 Å². The van der Waals surface area contributed by atoms with Gasteiger partial charge in [0.2, 0.25) is 0 Å². The highest BCUT2D eigenvalue weighted by Crippen LogP contribution is 2.23. The number of nitrogens with one attached hydrogen (secondary N) is 1. The second-order valence-electron chi connectivity index (χ2n) is 4.96. The van der Waals surface area contributed by atoms with E-state index in [-0.39, 0.29) is 6.04 Å². The first-order valence-corrected chi connectivity index (χ1v) is 6.49. The Balaban J connectivity index is 2.25. The summed E-state index contributed by atoms with van der Waals surface area (Å²) in [5, 5.41) is 0. The summed E-state index contributed by atoms with van der Waals surface area (Å²) < 4.78 is 0. The highest BCUT2D eigenvalue weighted by atomic mass is 15.0. The van der Waals surface area contributed by atoms with Crippen molar-refractivity contribution in [3.8, 4) is 11.3 Å². The molecular weight excluding hydrogens is 222 g/mol. The lowest BCUT2D eigenvalue weighted by molar-refractivity contribution is 0.441. The van der Waals surface area contributed by atoms with Crippen LogP contribution >= 0.6 is 0 Å². The molecule has 0 spiro atoms. The van der Waals surface area contributed by atoms with Crippen LogP contribution in [-0.4, -0.2) is 9.97 Å². The minimum absolute atomic E-state index is 0.0199. The van der Waals surface area contributed by atoms with Crippen molar-refractivity contribution < 1.29 is 0 Å². The standard InChI is InChI=1S/C15H21N3/c1-4-11(3)14(16)15-17-9-13(18-15)12-7-5-6-10(2)8-12/h5-9,11,14H,4,16H2,1-3H3,(H,17,18). The quantitative estimate of drug-likeness (QED) is 0.864. The number of rotatable bonds is 4. The third kappa shape index (κ3) is 2.62. The van der Waals surface area contributed by atoms with Crippen LogP contribution in [0.4, 0.5) is 0 Å². The fourth-order valence-corrected chi connectivity index (χ4v) is 1.99. The van der Waals surface area contributed by atoms with Crippen molar-refractivity contribution in [2.24, 2.45) is 11.7 Å². The van der Waals surface area contributed by atoms with Gasteiger partial charge in [-0.05, 0) is 24.5 Å². The first kappa shape index (κ1) is 12.8. The minimum Gasteiger partial charge on any atom is -0.341 e. The number of aryl methyl sites for hydroxylation is 1. The third-order valence-corrected chi connectivity index (χ3v) is 3.50. The maximum atomic E-state index is 6.18. The van der Waals surface area contributed by atoms with Crippen molar-refractivity contribution in [1.29, 1.82) is 0 Å². The smallest absolute Gasteiger partial charge is 0.123 e. The summed E-state index contributed by atoms with van der Waals surface area (Å²) in [6.45, 7) is 6.39. The lowest BCUT2D eigenvalue weighted by Gasteiger charge is -2.15. The van der Waals surface area contributed by atoms with Crippen molar-refractivity contribution >= 4 is 0 Å². The lowest BCUT2D eigenvalue weighted by atomic mass is 10.00. The fourth-order valence-electron chi connectivity index (χ4n) is 1.99. The van der Waals surface area contributed by atoms with Gasteiger partial charge in [-0.2, -0.15) is 0 Å². The Morgan fingerprint density at radius 1 is 1.39 bits per heavy atom. The highest BCUT2D eigenvalue weighted by molar-refractivity contribution is 5.59. The number of imidazole rings is 1. The van der Waals surface area contributed by atoms with E-state index in [0.29, 0.717) is 5.92 Å². The Bertz CT molecular complexity index is 516. The average Bonchev–Trinajstić information content (AvgIpc) is 2.86. The van der Waals surface area contributed by atoms with Crippen LogP contribution in [-0.2, 0) is 0 Å². The van der Waals surface area contributed by atoms with Gasteiger partial charge in [-0.3, -0.25) is 0 Å². The summed E-state index contributed by atoms with van der Waals surface area (Å²) in [6, 6.07) is 8.35. The second-order valence-corrected chi connectivity index (χ2v) is 4.96. The van der Waals surface area contributed by atoms with Gasteiger partial charge in [0.15, 0.2) is 0 Å². The fraction of sp³-hybridized carbons (Fsp3) is 0.400. The van der Waals surface area contributed by atoms with Crippen molar-refractivity contribution in [1.82, 2.24) is 9.97 Å². The first-order valence-electron chi connectivity index (χ1n) is 6.49. The van der Waals surface area contributed by atoms with E-state index in [1.54, 1.807) is 0 Å². The summed E-state index contributed by atoms with van der Waals surface area (Å²) in [5.41, 5.74) is 9.61. The van der Waals surface area contributed by atoms with Gasteiger partial charge in [-0.1, -0.05) is 44.0 Å². The van der Waals surface area contributed by atoms with Crippen molar-refractivity contribution in [2.75, 3.05) is 0 Å². The molecule has 3 nitrogen and oxygen atoms in total. The molecular formula is C15H21N3. The van der Waals surface area contributed by atoms with Crippen molar-refractivity contribution in [2.45, 2.75) is 33.2 Å². The zero-order chi connectivity index (χ0) is 13.1. The van der Waals surface area contributed by atoms with Gasteiger partial charge in [-0.25, -0.2) is 4.98 Å². The number of aromatic nitrogens is 2. The Morgan fingerprint density at radius 3 is 2.83 bits per heavy atom. The summed E-state index contributed by atoms with van der Waals surface area (Å²) in [5.74, 6) is 1.31. The molecule has 0 aliphatic rings. The summed E-state index contributed by atoms with van der Waals surface area (Å²) in [6.07, 6.45) is 2.92. The monoisotopic (exact) mass is 243 g/mol. The summed E-state index contributed by atoms with van der Waals surface area (Å²) in [4.78, 5) is 7.75. The van der Waals surface area contributed by atoms with Crippen LogP contribution in [0.1, 0.15) is 37.7 Å². The molecule has 2 atom stereocenters. The predicted octanol–water partition coefficient (Wildman–Crippen LogP) is 3.43. The molecule has 0 aliphatic carbocycles. The molecule has 1 aromatic carbocycles. The molecule has 1 aromatic heterocycles. The number of H-pyrrole nitrogens is 1. The molecule has 2 unspecified atom stereocenters. The zero-order valence-corrected chi connectivity index (χ0v) is 11.3. The number of nitrogens with zero attached hydrogens (tertiary/aromatic N) is 1. The van der Waals surface area contributed by atoms with Gasteiger partial charge >= 0.3 is 0 Å². The molecule has 3 heteroatoms. The van der Waals surface area contributed by atoms with Crippen LogP contribution in [0.3, 0.4) is 0 Å². The van der Waals surface area contributed by atoms with Gasteiger partial charge in [0.25, 0.3) is 0 Å².